The van der Waals surface area contributed by atoms with Crippen molar-refractivity contribution in [2.24, 2.45) is 0 Å². The largest absolute Gasteiger partial charge is 0.507 e. The Morgan fingerprint density at radius 1 is 0.960 bits per heavy atom. The van der Waals surface area contributed by atoms with E-state index in [9.17, 15) is 5.11 Å². The van der Waals surface area contributed by atoms with Crippen LogP contribution < -0.4 is 4.74 Å². The molecule has 0 amide bonds. The van der Waals surface area contributed by atoms with E-state index in [0.29, 0.717) is 12.4 Å². The van der Waals surface area contributed by atoms with Crippen LogP contribution in [0.15, 0.2) is 54.7 Å². The first-order valence-corrected chi connectivity index (χ1v) is 8.55. The van der Waals surface area contributed by atoms with E-state index in [0.717, 1.165) is 44.1 Å². The number of aromatic amines is 1. The fraction of sp³-hybridized carbons (Fsp3) is 0.182. The lowest BCUT2D eigenvalue weighted by Crippen LogP contribution is -2.19. The van der Waals surface area contributed by atoms with Crippen LogP contribution >= 0.6 is 0 Å². The molecular weight excluding hydrogens is 310 g/mol. The molecule has 5 rings (SSSR count). The summed E-state index contributed by atoms with van der Waals surface area (Å²) in [6, 6.07) is 16.1. The molecule has 0 spiro atoms. The van der Waals surface area contributed by atoms with E-state index in [1.807, 2.05) is 42.6 Å². The number of phenols is 1. The van der Waals surface area contributed by atoms with Gasteiger partial charge in [-0.15, -0.1) is 0 Å². The second-order valence-corrected chi connectivity index (χ2v) is 7.39. The maximum absolute atomic E-state index is 11.2. The van der Waals surface area contributed by atoms with E-state index < -0.39 is 0 Å². The van der Waals surface area contributed by atoms with Gasteiger partial charge in [-0.05, 0) is 6.07 Å². The van der Waals surface area contributed by atoms with Gasteiger partial charge in [-0.3, -0.25) is 0 Å². The summed E-state index contributed by atoms with van der Waals surface area (Å²) in [6.45, 7) is 4.96. The topological polar surface area (TPSA) is 45.2 Å². The third-order valence-electron chi connectivity index (χ3n) is 5.25. The maximum Gasteiger partial charge on any atom is 0.131 e. The van der Waals surface area contributed by atoms with Crippen molar-refractivity contribution in [2.75, 3.05) is 6.61 Å². The summed E-state index contributed by atoms with van der Waals surface area (Å²) in [5.74, 6) is 1.23. The molecule has 124 valence electrons. The summed E-state index contributed by atoms with van der Waals surface area (Å²) in [5.41, 5.74) is 3.90. The van der Waals surface area contributed by atoms with Gasteiger partial charge in [0.15, 0.2) is 0 Å². The third kappa shape index (κ3) is 1.86. The van der Waals surface area contributed by atoms with E-state index in [2.05, 4.69) is 31.0 Å². The van der Waals surface area contributed by atoms with Crippen molar-refractivity contribution >= 4 is 21.7 Å². The van der Waals surface area contributed by atoms with Crippen LogP contribution in [0.4, 0.5) is 0 Å². The van der Waals surface area contributed by atoms with E-state index in [1.165, 1.54) is 0 Å². The number of ether oxygens (including phenoxy) is 1. The van der Waals surface area contributed by atoms with Crippen molar-refractivity contribution in [3.8, 4) is 22.6 Å². The number of aromatic hydroxyl groups is 1. The minimum absolute atomic E-state index is 0.162. The van der Waals surface area contributed by atoms with Crippen LogP contribution in [0.2, 0.25) is 0 Å². The Kier molecular flexibility index (Phi) is 2.76. The summed E-state index contributed by atoms with van der Waals surface area (Å²) >= 11 is 0. The summed E-state index contributed by atoms with van der Waals surface area (Å²) in [7, 11) is 0. The van der Waals surface area contributed by atoms with Gasteiger partial charge in [0, 0.05) is 50.0 Å². The van der Waals surface area contributed by atoms with Gasteiger partial charge in [0.1, 0.15) is 11.5 Å². The molecule has 2 heterocycles. The SMILES string of the molecule is CC1(C)COc2c1c(-c1c[nH]c3ccccc13)c(O)c1ccccc21. The van der Waals surface area contributed by atoms with Crippen molar-refractivity contribution in [1.82, 2.24) is 4.98 Å². The van der Waals surface area contributed by atoms with Gasteiger partial charge in [-0.25, -0.2) is 0 Å². The van der Waals surface area contributed by atoms with Crippen LogP contribution in [0.25, 0.3) is 32.8 Å². The highest BCUT2D eigenvalue weighted by molar-refractivity contribution is 6.07. The lowest BCUT2D eigenvalue weighted by Gasteiger charge is -2.21. The first-order valence-electron chi connectivity index (χ1n) is 8.55. The van der Waals surface area contributed by atoms with Crippen LogP contribution in [0.3, 0.4) is 0 Å². The smallest absolute Gasteiger partial charge is 0.131 e. The van der Waals surface area contributed by atoms with Gasteiger partial charge in [-0.2, -0.15) is 0 Å². The van der Waals surface area contributed by atoms with Crippen molar-refractivity contribution in [3.05, 3.63) is 60.3 Å². The van der Waals surface area contributed by atoms with Gasteiger partial charge in [0.05, 0.1) is 6.61 Å². The van der Waals surface area contributed by atoms with Crippen LogP contribution in [0.5, 0.6) is 11.5 Å². The standard InChI is InChI=1S/C22H19NO2/c1-22(2)12-25-21-15-9-4-3-8-14(15)20(24)18(19(21)22)16-11-23-17-10-6-5-7-13(16)17/h3-11,23-24H,12H2,1-2H3. The zero-order chi connectivity index (χ0) is 17.2. The van der Waals surface area contributed by atoms with Crippen molar-refractivity contribution < 1.29 is 9.84 Å². The number of phenolic OH excluding ortho intramolecular Hbond substituents is 1. The Morgan fingerprint density at radius 3 is 2.44 bits per heavy atom. The summed E-state index contributed by atoms with van der Waals surface area (Å²) in [4.78, 5) is 3.33. The monoisotopic (exact) mass is 329 g/mol. The molecule has 3 heteroatoms. The third-order valence-corrected chi connectivity index (χ3v) is 5.25. The highest BCUT2D eigenvalue weighted by Gasteiger charge is 2.38. The number of hydrogen-bond acceptors (Lipinski definition) is 2. The van der Waals surface area contributed by atoms with Gasteiger partial charge in [0.25, 0.3) is 0 Å². The van der Waals surface area contributed by atoms with Crippen LogP contribution in [0.1, 0.15) is 19.4 Å². The molecule has 1 aliphatic rings. The number of benzene rings is 3. The van der Waals surface area contributed by atoms with E-state index in [4.69, 9.17) is 4.74 Å². The van der Waals surface area contributed by atoms with E-state index in [1.54, 1.807) is 0 Å². The zero-order valence-electron chi connectivity index (χ0n) is 14.3. The predicted molar refractivity (Wildman–Crippen MR) is 101 cm³/mol. The van der Waals surface area contributed by atoms with Gasteiger partial charge < -0.3 is 14.8 Å². The molecule has 0 aliphatic carbocycles. The number of rotatable bonds is 1. The van der Waals surface area contributed by atoms with Crippen LogP contribution in [0, 0.1) is 0 Å². The fourth-order valence-corrected chi connectivity index (χ4v) is 4.05. The van der Waals surface area contributed by atoms with Crippen molar-refractivity contribution in [2.45, 2.75) is 19.3 Å². The summed E-state index contributed by atoms with van der Waals surface area (Å²) < 4.78 is 6.11. The highest BCUT2D eigenvalue weighted by Crippen LogP contribution is 2.53. The number of H-pyrrole nitrogens is 1. The molecule has 0 saturated carbocycles. The Morgan fingerprint density at radius 2 is 1.64 bits per heavy atom. The molecule has 4 aromatic rings. The normalized spacial score (nSPS) is 15.4. The maximum atomic E-state index is 11.2. The predicted octanol–water partition coefficient (Wildman–Crippen LogP) is 5.36. The fourth-order valence-electron chi connectivity index (χ4n) is 4.05. The second kappa shape index (κ2) is 4.79. The van der Waals surface area contributed by atoms with Crippen LogP contribution in [-0.4, -0.2) is 16.7 Å². The molecule has 3 nitrogen and oxygen atoms in total. The van der Waals surface area contributed by atoms with Crippen LogP contribution in [-0.2, 0) is 5.41 Å². The average molecular weight is 329 g/mol. The Labute approximate surface area is 145 Å². The molecule has 0 atom stereocenters. The first-order chi connectivity index (χ1) is 12.1. The van der Waals surface area contributed by atoms with Gasteiger partial charge in [0.2, 0.25) is 0 Å². The average Bonchev–Trinajstić information content (AvgIpc) is 3.18. The minimum Gasteiger partial charge on any atom is -0.507 e. The molecule has 0 radical (unpaired) electrons. The molecular formula is C22H19NO2. The summed E-state index contributed by atoms with van der Waals surface area (Å²) in [6.07, 6.45) is 1.99. The van der Waals surface area contributed by atoms with Crippen molar-refractivity contribution in [1.29, 1.82) is 0 Å². The molecule has 0 saturated heterocycles. The van der Waals surface area contributed by atoms with Crippen molar-refractivity contribution in [3.63, 3.8) is 0 Å². The molecule has 0 bridgehead atoms. The first kappa shape index (κ1) is 14.4. The number of nitrogens with one attached hydrogen (secondary N) is 1. The molecule has 1 aliphatic heterocycles. The van der Waals surface area contributed by atoms with E-state index in [-0.39, 0.29) is 5.41 Å². The zero-order valence-corrected chi connectivity index (χ0v) is 14.3. The molecule has 3 aromatic carbocycles. The highest BCUT2D eigenvalue weighted by atomic mass is 16.5. The quantitative estimate of drug-likeness (QED) is 0.493. The molecule has 25 heavy (non-hydrogen) atoms. The molecule has 1 aromatic heterocycles. The Balaban J connectivity index is 1.98. The lowest BCUT2D eigenvalue weighted by atomic mass is 9.80. The van der Waals surface area contributed by atoms with Gasteiger partial charge >= 0.3 is 0 Å². The molecule has 0 unspecified atom stereocenters. The second-order valence-electron chi connectivity index (χ2n) is 7.39. The molecule has 2 N–H and O–H groups in total. The number of hydrogen-bond donors (Lipinski definition) is 2. The number of aromatic nitrogens is 1. The Hall–Kier alpha value is -2.94. The summed E-state index contributed by atoms with van der Waals surface area (Å²) in [5, 5.41) is 14.1. The number of fused-ring (bicyclic) bond motifs is 4. The van der Waals surface area contributed by atoms with Gasteiger partial charge in [-0.1, -0.05) is 56.3 Å². The molecule has 0 fully saturated rings. The number of para-hydroxylation sites is 1. The Bertz CT molecular complexity index is 1140. The van der Waals surface area contributed by atoms with E-state index >= 15 is 0 Å². The minimum atomic E-state index is -0.162. The lowest BCUT2D eigenvalue weighted by molar-refractivity contribution is 0.293.